The minimum Gasteiger partial charge on any atom is -0.481 e. The minimum absolute atomic E-state index is 0.0783. The quantitative estimate of drug-likeness (QED) is 0.743. The minimum atomic E-state index is -0.961. The molecule has 0 amide bonds. The highest BCUT2D eigenvalue weighted by atomic mass is 16.5. The van der Waals surface area contributed by atoms with Crippen LogP contribution < -0.4 is 0 Å². The van der Waals surface area contributed by atoms with Gasteiger partial charge in [0.05, 0.1) is 12.1 Å². The van der Waals surface area contributed by atoms with Gasteiger partial charge in [-0.05, 0) is 37.0 Å². The van der Waals surface area contributed by atoms with Crippen LogP contribution in [0.3, 0.4) is 0 Å². The number of carboxylic acids is 2. The highest BCUT2D eigenvalue weighted by Gasteiger charge is 2.35. The van der Waals surface area contributed by atoms with Gasteiger partial charge in [0.25, 0.3) is 0 Å². The zero-order chi connectivity index (χ0) is 17.9. The molecule has 1 saturated carbocycles. The highest BCUT2D eigenvalue weighted by molar-refractivity contribution is 5.69. The van der Waals surface area contributed by atoms with E-state index in [1.54, 1.807) is 0 Å². The average molecular weight is 337 g/mol. The fourth-order valence-corrected chi connectivity index (χ4v) is 3.55. The Balaban J connectivity index is 1.95. The lowest BCUT2D eigenvalue weighted by molar-refractivity contribution is -0.139. The zero-order valence-corrected chi connectivity index (χ0v) is 14.6. The van der Waals surface area contributed by atoms with Gasteiger partial charge in [-0.3, -0.25) is 9.59 Å². The molecule has 0 radical (unpaired) electrons. The van der Waals surface area contributed by atoms with E-state index in [1.165, 1.54) is 6.42 Å². The van der Waals surface area contributed by atoms with E-state index in [4.69, 9.17) is 14.7 Å². The van der Waals surface area contributed by atoms with Crippen LogP contribution in [0, 0.1) is 11.3 Å². The van der Waals surface area contributed by atoms with Gasteiger partial charge < -0.3 is 14.7 Å². The lowest BCUT2D eigenvalue weighted by Crippen LogP contribution is -2.26. The van der Waals surface area contributed by atoms with E-state index in [9.17, 15) is 9.59 Å². The first-order valence-electron chi connectivity index (χ1n) is 8.54. The number of carbonyl (C=O) groups is 2. The molecule has 1 fully saturated rings. The summed E-state index contributed by atoms with van der Waals surface area (Å²) >= 11 is 0. The normalized spacial score (nSPS) is 22.0. The van der Waals surface area contributed by atoms with Gasteiger partial charge in [-0.1, -0.05) is 25.9 Å². The number of hydrogen-bond acceptors (Lipinski definition) is 4. The summed E-state index contributed by atoms with van der Waals surface area (Å²) in [7, 11) is 0. The maximum absolute atomic E-state index is 11.0. The number of rotatable bonds is 8. The van der Waals surface area contributed by atoms with Crippen molar-refractivity contribution in [3.63, 3.8) is 0 Å². The summed E-state index contributed by atoms with van der Waals surface area (Å²) in [5.74, 6) is -0.763. The number of hydrogen-bond donors (Lipinski definition) is 2. The van der Waals surface area contributed by atoms with E-state index in [0.717, 1.165) is 18.5 Å². The molecule has 1 aromatic rings. The molecule has 1 aliphatic carbocycles. The molecule has 24 heavy (non-hydrogen) atoms. The van der Waals surface area contributed by atoms with Gasteiger partial charge in [0.15, 0.2) is 0 Å². The van der Waals surface area contributed by atoms with Gasteiger partial charge in [-0.15, -0.1) is 0 Å². The van der Waals surface area contributed by atoms with Crippen LogP contribution in [0.15, 0.2) is 10.6 Å². The first-order chi connectivity index (χ1) is 11.1. The van der Waals surface area contributed by atoms with Crippen LogP contribution in [0.2, 0.25) is 0 Å². The SMILES string of the molecule is CC(C)(C)CC1CC(c2cc(C(CCC(=O)O)CC(=O)O)on2)C1. The van der Waals surface area contributed by atoms with E-state index in [-0.39, 0.29) is 19.3 Å². The summed E-state index contributed by atoms with van der Waals surface area (Å²) in [5, 5.41) is 21.9. The molecule has 1 heterocycles. The molecule has 2 rings (SSSR count). The summed E-state index contributed by atoms with van der Waals surface area (Å²) in [6, 6.07) is 1.83. The zero-order valence-electron chi connectivity index (χ0n) is 14.6. The van der Waals surface area contributed by atoms with E-state index in [0.29, 0.717) is 23.0 Å². The van der Waals surface area contributed by atoms with E-state index in [1.807, 2.05) is 6.07 Å². The second kappa shape index (κ2) is 7.36. The molecule has 0 saturated heterocycles. The Hall–Kier alpha value is -1.85. The maximum atomic E-state index is 11.0. The van der Waals surface area contributed by atoms with Gasteiger partial charge in [0.2, 0.25) is 0 Å². The Kier molecular flexibility index (Phi) is 5.67. The van der Waals surface area contributed by atoms with Crippen molar-refractivity contribution in [1.82, 2.24) is 5.16 Å². The monoisotopic (exact) mass is 337 g/mol. The Morgan fingerprint density at radius 2 is 1.96 bits per heavy atom. The van der Waals surface area contributed by atoms with Crippen LogP contribution in [0.4, 0.5) is 0 Å². The maximum Gasteiger partial charge on any atom is 0.304 e. The molecule has 1 aliphatic rings. The van der Waals surface area contributed by atoms with Crippen molar-refractivity contribution in [3.8, 4) is 0 Å². The van der Waals surface area contributed by atoms with E-state index >= 15 is 0 Å². The fraction of sp³-hybridized carbons (Fsp3) is 0.722. The molecule has 0 spiro atoms. The molecule has 0 aromatic carbocycles. The fourth-order valence-electron chi connectivity index (χ4n) is 3.55. The molecule has 6 nitrogen and oxygen atoms in total. The Bertz CT molecular complexity index is 580. The molecule has 134 valence electrons. The smallest absolute Gasteiger partial charge is 0.304 e. The molecule has 6 heteroatoms. The molecular weight excluding hydrogens is 310 g/mol. The number of aliphatic carboxylic acids is 2. The summed E-state index contributed by atoms with van der Waals surface area (Å²) in [6.45, 7) is 6.73. The van der Waals surface area contributed by atoms with Gasteiger partial charge in [-0.2, -0.15) is 0 Å². The topological polar surface area (TPSA) is 101 Å². The Morgan fingerprint density at radius 1 is 1.29 bits per heavy atom. The predicted octanol–water partition coefficient (Wildman–Crippen LogP) is 4.03. The second-order valence-corrected chi connectivity index (χ2v) is 8.18. The average Bonchev–Trinajstić information content (AvgIpc) is 2.85. The molecule has 1 atom stereocenters. The van der Waals surface area contributed by atoms with Crippen molar-refractivity contribution >= 4 is 11.9 Å². The molecule has 2 N–H and O–H groups in total. The van der Waals surface area contributed by atoms with Gasteiger partial charge >= 0.3 is 11.9 Å². The molecule has 1 aromatic heterocycles. The van der Waals surface area contributed by atoms with Gasteiger partial charge in [0, 0.05) is 24.3 Å². The third-order valence-corrected chi connectivity index (χ3v) is 4.63. The largest absolute Gasteiger partial charge is 0.481 e. The van der Waals surface area contributed by atoms with E-state index < -0.39 is 17.9 Å². The van der Waals surface area contributed by atoms with Crippen molar-refractivity contribution in [3.05, 3.63) is 17.5 Å². The van der Waals surface area contributed by atoms with Gasteiger partial charge in [-0.25, -0.2) is 0 Å². The lowest BCUT2D eigenvalue weighted by atomic mass is 9.67. The Labute approximate surface area is 142 Å². The standard InChI is InChI=1S/C18H27NO5/c1-18(2,3)10-11-6-13(7-11)14-9-15(24-19-14)12(8-17(22)23)4-5-16(20)21/h9,11-13H,4-8,10H2,1-3H3,(H,20,21)(H,22,23). The number of nitrogens with zero attached hydrogens (tertiary/aromatic N) is 1. The van der Waals surface area contributed by atoms with E-state index in [2.05, 4.69) is 25.9 Å². The second-order valence-electron chi connectivity index (χ2n) is 8.18. The van der Waals surface area contributed by atoms with Crippen molar-refractivity contribution in [2.24, 2.45) is 11.3 Å². The van der Waals surface area contributed by atoms with Gasteiger partial charge in [0.1, 0.15) is 5.76 Å². The molecule has 0 aliphatic heterocycles. The summed E-state index contributed by atoms with van der Waals surface area (Å²) < 4.78 is 5.35. The van der Waals surface area contributed by atoms with Crippen molar-refractivity contribution in [1.29, 1.82) is 0 Å². The first kappa shape index (κ1) is 18.5. The predicted molar refractivity (Wildman–Crippen MR) is 87.9 cm³/mol. The third-order valence-electron chi connectivity index (χ3n) is 4.63. The third kappa shape index (κ3) is 5.35. The van der Waals surface area contributed by atoms with Crippen LogP contribution in [0.1, 0.15) is 82.6 Å². The molecular formula is C18H27NO5. The summed E-state index contributed by atoms with van der Waals surface area (Å²) in [5.41, 5.74) is 1.20. The van der Waals surface area contributed by atoms with Crippen LogP contribution in [0.25, 0.3) is 0 Å². The van der Waals surface area contributed by atoms with Crippen molar-refractivity contribution in [2.45, 2.75) is 71.1 Å². The van der Waals surface area contributed by atoms with Crippen LogP contribution in [0.5, 0.6) is 0 Å². The Morgan fingerprint density at radius 3 is 2.50 bits per heavy atom. The van der Waals surface area contributed by atoms with Crippen molar-refractivity contribution < 1.29 is 24.3 Å². The number of carboxylic acid groups (broad SMARTS) is 2. The number of aromatic nitrogens is 1. The first-order valence-corrected chi connectivity index (χ1v) is 8.54. The lowest BCUT2D eigenvalue weighted by Gasteiger charge is -2.37. The van der Waals surface area contributed by atoms with Crippen molar-refractivity contribution in [2.75, 3.05) is 0 Å². The highest BCUT2D eigenvalue weighted by Crippen LogP contribution is 2.46. The molecule has 0 bridgehead atoms. The molecule has 1 unspecified atom stereocenters. The summed E-state index contributed by atoms with van der Waals surface area (Å²) in [6.07, 6.45) is 3.39. The summed E-state index contributed by atoms with van der Waals surface area (Å²) in [4.78, 5) is 21.7. The van der Waals surface area contributed by atoms with Crippen LogP contribution >= 0.6 is 0 Å². The van der Waals surface area contributed by atoms with Crippen LogP contribution in [-0.2, 0) is 9.59 Å². The van der Waals surface area contributed by atoms with Crippen LogP contribution in [-0.4, -0.2) is 27.3 Å².